The third kappa shape index (κ3) is 3.63. The fourth-order valence-electron chi connectivity index (χ4n) is 2.19. The van der Waals surface area contributed by atoms with E-state index in [1.54, 1.807) is 0 Å². The lowest BCUT2D eigenvalue weighted by molar-refractivity contribution is 0.313. The maximum absolute atomic E-state index is 6.05. The van der Waals surface area contributed by atoms with E-state index < -0.39 is 0 Å². The second kappa shape index (κ2) is 6.44. The summed E-state index contributed by atoms with van der Waals surface area (Å²) in [7, 11) is 0. The number of rotatable bonds is 7. The molecule has 100 valence electrons. The van der Waals surface area contributed by atoms with E-state index in [-0.39, 0.29) is 0 Å². The lowest BCUT2D eigenvalue weighted by Crippen LogP contribution is -2.01. The Balaban J connectivity index is 1.94. The molecule has 1 aliphatic heterocycles. The Bertz CT molecular complexity index is 392. The van der Waals surface area contributed by atoms with Gasteiger partial charge in [0, 0.05) is 5.02 Å². The molecule has 0 spiro atoms. The van der Waals surface area contributed by atoms with E-state index in [4.69, 9.17) is 21.1 Å². The van der Waals surface area contributed by atoms with Crippen molar-refractivity contribution in [1.29, 1.82) is 0 Å². The normalized spacial score (nSPS) is 21.9. The number of benzene rings is 1. The monoisotopic (exact) mass is 268 g/mol. The van der Waals surface area contributed by atoms with Crippen molar-refractivity contribution < 1.29 is 9.47 Å². The molecule has 18 heavy (non-hydrogen) atoms. The zero-order valence-corrected chi connectivity index (χ0v) is 11.9. The average Bonchev–Trinajstić information content (AvgIpc) is 3.14. The van der Waals surface area contributed by atoms with Gasteiger partial charge in [0.1, 0.15) is 5.75 Å². The van der Waals surface area contributed by atoms with Crippen LogP contribution in [0.15, 0.2) is 18.2 Å². The highest BCUT2D eigenvalue weighted by atomic mass is 35.5. The molecule has 1 aromatic rings. The summed E-state index contributed by atoms with van der Waals surface area (Å²) in [6.45, 7) is 5.03. The van der Waals surface area contributed by atoms with Gasteiger partial charge in [-0.1, -0.05) is 25.4 Å². The van der Waals surface area contributed by atoms with E-state index in [1.807, 2.05) is 18.2 Å². The third-order valence-corrected chi connectivity index (χ3v) is 3.51. The summed E-state index contributed by atoms with van der Waals surface area (Å²) >= 11 is 6.05. The van der Waals surface area contributed by atoms with Gasteiger partial charge in [0.05, 0.1) is 18.8 Å². The topological polar surface area (TPSA) is 21.8 Å². The Labute approximate surface area is 114 Å². The fraction of sp³-hybridized carbons (Fsp3) is 0.600. The number of hydrogen-bond donors (Lipinski definition) is 0. The Morgan fingerprint density at radius 2 is 2.11 bits per heavy atom. The van der Waals surface area contributed by atoms with E-state index in [9.17, 15) is 0 Å². The van der Waals surface area contributed by atoms with Crippen LogP contribution in [-0.2, 0) is 11.2 Å². The summed E-state index contributed by atoms with van der Waals surface area (Å²) in [5.41, 5.74) is 1.20. The fourth-order valence-corrected chi connectivity index (χ4v) is 2.38. The molecule has 0 amide bonds. The summed E-state index contributed by atoms with van der Waals surface area (Å²) in [6, 6.07) is 5.87. The van der Waals surface area contributed by atoms with E-state index in [0.29, 0.717) is 12.2 Å². The van der Waals surface area contributed by atoms with Crippen LogP contribution in [0.2, 0.25) is 5.02 Å². The van der Waals surface area contributed by atoms with Gasteiger partial charge in [0.15, 0.2) is 0 Å². The van der Waals surface area contributed by atoms with E-state index in [2.05, 4.69) is 13.8 Å². The Kier molecular flexibility index (Phi) is 4.90. The Morgan fingerprint density at radius 1 is 1.28 bits per heavy atom. The third-order valence-electron chi connectivity index (χ3n) is 3.27. The lowest BCUT2D eigenvalue weighted by Gasteiger charge is -2.11. The van der Waals surface area contributed by atoms with Gasteiger partial charge >= 0.3 is 0 Å². The van der Waals surface area contributed by atoms with E-state index in [1.165, 1.54) is 5.56 Å². The summed E-state index contributed by atoms with van der Waals surface area (Å²) in [5.74, 6) is 0.968. The first kappa shape index (κ1) is 13.7. The van der Waals surface area contributed by atoms with Crippen LogP contribution in [0.1, 0.15) is 38.7 Å². The van der Waals surface area contributed by atoms with Crippen LogP contribution in [0.3, 0.4) is 0 Å². The van der Waals surface area contributed by atoms with Gasteiger partial charge in [-0.3, -0.25) is 0 Å². The molecular formula is C15H21ClO2. The predicted molar refractivity (Wildman–Crippen MR) is 74.5 cm³/mol. The zero-order valence-electron chi connectivity index (χ0n) is 11.1. The highest BCUT2D eigenvalue weighted by Gasteiger charge is 2.36. The molecule has 2 rings (SSSR count). The SMILES string of the molecule is CCCOc1ccc(Cl)cc1CCC1OC1CC. The second-order valence-corrected chi connectivity index (χ2v) is 5.20. The highest BCUT2D eigenvalue weighted by Crippen LogP contribution is 2.31. The minimum absolute atomic E-state index is 0.438. The molecule has 2 unspecified atom stereocenters. The van der Waals surface area contributed by atoms with Crippen LogP contribution >= 0.6 is 11.6 Å². The van der Waals surface area contributed by atoms with Gasteiger partial charge in [-0.15, -0.1) is 0 Å². The number of aryl methyl sites for hydroxylation is 1. The first-order valence-electron chi connectivity index (χ1n) is 6.81. The zero-order chi connectivity index (χ0) is 13.0. The molecule has 0 saturated carbocycles. The van der Waals surface area contributed by atoms with Crippen LogP contribution in [0.4, 0.5) is 0 Å². The quantitative estimate of drug-likeness (QED) is 0.690. The van der Waals surface area contributed by atoms with Gasteiger partial charge in [-0.25, -0.2) is 0 Å². The van der Waals surface area contributed by atoms with Crippen LogP contribution in [0.5, 0.6) is 5.75 Å². The van der Waals surface area contributed by atoms with Crippen molar-refractivity contribution in [3.05, 3.63) is 28.8 Å². The minimum atomic E-state index is 0.438. The smallest absolute Gasteiger partial charge is 0.122 e. The molecule has 3 heteroatoms. The first-order valence-corrected chi connectivity index (χ1v) is 7.19. The molecule has 0 aliphatic carbocycles. The summed E-state index contributed by atoms with van der Waals surface area (Å²) in [4.78, 5) is 0. The van der Waals surface area contributed by atoms with Crippen molar-refractivity contribution in [1.82, 2.24) is 0 Å². The summed E-state index contributed by atoms with van der Waals surface area (Å²) < 4.78 is 11.3. The first-order chi connectivity index (χ1) is 8.74. The van der Waals surface area contributed by atoms with Crippen molar-refractivity contribution in [2.24, 2.45) is 0 Å². The Morgan fingerprint density at radius 3 is 2.78 bits per heavy atom. The number of epoxide rings is 1. The molecule has 1 aromatic carbocycles. The van der Waals surface area contributed by atoms with Gasteiger partial charge < -0.3 is 9.47 Å². The van der Waals surface area contributed by atoms with Crippen LogP contribution in [0, 0.1) is 0 Å². The molecule has 1 aliphatic rings. The lowest BCUT2D eigenvalue weighted by atomic mass is 10.1. The van der Waals surface area contributed by atoms with Gasteiger partial charge in [-0.2, -0.15) is 0 Å². The highest BCUT2D eigenvalue weighted by molar-refractivity contribution is 6.30. The molecule has 2 nitrogen and oxygen atoms in total. The molecule has 0 bridgehead atoms. The molecule has 2 atom stereocenters. The molecular weight excluding hydrogens is 248 g/mol. The molecule has 0 radical (unpaired) electrons. The van der Waals surface area contributed by atoms with Crippen molar-refractivity contribution in [3.63, 3.8) is 0 Å². The van der Waals surface area contributed by atoms with Crippen LogP contribution < -0.4 is 4.74 Å². The van der Waals surface area contributed by atoms with E-state index >= 15 is 0 Å². The van der Waals surface area contributed by atoms with Crippen molar-refractivity contribution in [2.75, 3.05) is 6.61 Å². The number of halogens is 1. The average molecular weight is 269 g/mol. The standard InChI is InChI=1S/C15H21ClO2/c1-3-9-17-14-8-6-12(16)10-11(14)5-7-15-13(4-2)18-15/h6,8,10,13,15H,3-5,7,9H2,1-2H3. The summed E-state index contributed by atoms with van der Waals surface area (Å²) in [5, 5.41) is 0.776. The maximum Gasteiger partial charge on any atom is 0.122 e. The van der Waals surface area contributed by atoms with Gasteiger partial charge in [0.2, 0.25) is 0 Å². The Hall–Kier alpha value is -0.730. The van der Waals surface area contributed by atoms with E-state index in [0.717, 1.165) is 43.1 Å². The molecule has 1 fully saturated rings. The molecule has 0 N–H and O–H groups in total. The van der Waals surface area contributed by atoms with Crippen LogP contribution in [0.25, 0.3) is 0 Å². The molecule has 0 aromatic heterocycles. The summed E-state index contributed by atoms with van der Waals surface area (Å²) in [6.07, 6.45) is 5.07. The molecule has 1 saturated heterocycles. The van der Waals surface area contributed by atoms with Crippen LogP contribution in [-0.4, -0.2) is 18.8 Å². The predicted octanol–water partition coefficient (Wildman–Crippen LogP) is 4.24. The van der Waals surface area contributed by atoms with Crippen molar-refractivity contribution >= 4 is 11.6 Å². The largest absolute Gasteiger partial charge is 0.493 e. The van der Waals surface area contributed by atoms with Crippen molar-refractivity contribution in [3.8, 4) is 5.75 Å². The van der Waals surface area contributed by atoms with Gasteiger partial charge in [0.25, 0.3) is 0 Å². The second-order valence-electron chi connectivity index (χ2n) is 4.76. The van der Waals surface area contributed by atoms with Gasteiger partial charge in [-0.05, 0) is 49.4 Å². The molecule has 1 heterocycles. The minimum Gasteiger partial charge on any atom is -0.493 e. The number of hydrogen-bond acceptors (Lipinski definition) is 2. The maximum atomic E-state index is 6.05. The van der Waals surface area contributed by atoms with Crippen molar-refractivity contribution in [2.45, 2.75) is 51.7 Å². The number of ether oxygens (including phenoxy) is 2.